The van der Waals surface area contributed by atoms with E-state index >= 15 is 0 Å². The van der Waals surface area contributed by atoms with Crippen LogP contribution >= 0.6 is 0 Å². The Balaban J connectivity index is 0.000000134. The van der Waals surface area contributed by atoms with Crippen LogP contribution in [0.2, 0.25) is 0 Å². The summed E-state index contributed by atoms with van der Waals surface area (Å²) in [5.41, 5.74) is -1.81. The first kappa shape index (κ1) is 86.6. The van der Waals surface area contributed by atoms with E-state index in [9.17, 15) is 76.3 Å². The van der Waals surface area contributed by atoms with Crippen LogP contribution in [0.5, 0.6) is 0 Å². The lowest BCUT2D eigenvalue weighted by atomic mass is 10.1. The van der Waals surface area contributed by atoms with Gasteiger partial charge in [0, 0.05) is 39.5 Å². The van der Waals surface area contributed by atoms with Gasteiger partial charge in [-0.3, -0.25) is 0 Å². The highest BCUT2D eigenvalue weighted by atomic mass is 19.2. The summed E-state index contributed by atoms with van der Waals surface area (Å²) in [5.74, 6) is -17.4. The topological polar surface area (TPSA) is 526 Å². The molecule has 0 amide bonds. The molecule has 0 unspecified atom stereocenters. The minimum Gasteiger partial charge on any atom is -0.434 e. The third-order valence-electron chi connectivity index (χ3n) is 20.7. The molecule has 0 radical (unpaired) electrons. The zero-order valence-corrected chi connectivity index (χ0v) is 69.2. The molecule has 139 heavy (non-hydrogen) atoms. The van der Waals surface area contributed by atoms with Crippen molar-refractivity contribution in [2.45, 2.75) is 20.8 Å². The second-order valence-electron chi connectivity index (χ2n) is 28.8. The number of allylic oxidation sites excluding steroid dienone is 6. The van der Waals surface area contributed by atoms with Gasteiger partial charge < -0.3 is 13.3 Å². The Morgan fingerprint density at radius 1 is 0.324 bits per heavy atom. The van der Waals surface area contributed by atoms with E-state index in [1.54, 1.807) is 56.3 Å². The number of para-hydroxylation sites is 4. The van der Waals surface area contributed by atoms with Crippen LogP contribution in [0.3, 0.4) is 0 Å². The first-order chi connectivity index (χ1) is 67.3. The monoisotopic (exact) mass is 1840 g/mol. The smallest absolute Gasteiger partial charge is 0.305 e. The molecule has 6 aliphatic heterocycles. The molecule has 47 heteroatoms. The molecule has 0 bridgehead atoms. The summed E-state index contributed by atoms with van der Waals surface area (Å²) in [4.78, 5) is 116. The third kappa shape index (κ3) is 15.0. The molecular formula is C92H28F9N35O3. The van der Waals surface area contributed by atoms with Crippen molar-refractivity contribution in [2.24, 2.45) is 59.9 Å². The molecule has 15 aromatic rings. The molecule has 9 aromatic carbocycles. The van der Waals surface area contributed by atoms with Gasteiger partial charge in [-0.1, -0.05) is 24.3 Å². The predicted octanol–water partition coefficient (Wildman–Crippen LogP) is 9.79. The standard InChI is InChI=1S/C31H5F7N12O.C31H10F2N12O.C30H13N11O/c1-8-14(32)15(33)18(36)23-21(8)44-27(46-23)11(6-40)28-48-26(9-3-4-12-22(10(9)5-39)45-29(43-12)13(7-41)42-2)49-30(50-28)31-47-24-19(37)16(34)17(35)20(38)25(24)51-31;1-13(26-39-21-9-15(33)8-20(36-2)25(21)42-26)27-43-28(45-30(44-27)31-40-18-6-4-14(32)10-23(18)46-31)16-5-7-19-24(17(16)11-34)41-29(38-19)22(12-35)37-3;1-15(25-34-18-7-3-4-8-19(18)35-25)26-39-27(41-29(40-26)30-37-20-9-5-6-10-23(20)42-30)16-11-12-21-24(17(16)13-31)38-28(36-21)22(14-32)33-2/h3-4H,1H3;4-10H,1H3;3-12H,1H3/b27-11-,29-13+;26-13-,29-22+;28-22+. The van der Waals surface area contributed by atoms with E-state index in [1.807, 2.05) is 48.5 Å². The van der Waals surface area contributed by atoms with Crippen molar-refractivity contribution < 1.29 is 52.8 Å². The van der Waals surface area contributed by atoms with Crippen molar-refractivity contribution in [1.29, 1.82) is 36.8 Å². The zero-order chi connectivity index (χ0) is 97.4. The van der Waals surface area contributed by atoms with Gasteiger partial charge >= 0.3 is 17.1 Å². The zero-order valence-electron chi connectivity index (χ0n) is 69.2. The third-order valence-corrected chi connectivity index (χ3v) is 20.7. The lowest BCUT2D eigenvalue weighted by molar-refractivity contribution is 0.410. The highest BCUT2D eigenvalue weighted by Crippen LogP contribution is 2.36. The first-order valence-corrected chi connectivity index (χ1v) is 39.0. The van der Waals surface area contributed by atoms with Crippen LogP contribution in [0.15, 0.2) is 240 Å². The summed E-state index contributed by atoms with van der Waals surface area (Å²) in [6, 6.07) is 42.6. The SMILES string of the molecule is [C-]#[N+]/C(C#N)=C1\N=c2ccc(-c3nc(/C(C#N)=C4/N=c5c(C)c(F)c(F)c(F)c5=N4)nc(-c4nc5c(F)c(F)c(F)c(F)c5o4)n3)c(C#N)c2=N1.[C-]#[N+]/C(C#N)=C1\N=c2ccc(-c3nc(/C(C)=C4/N=c5cc(F)cc([N+]#[C-])c5=N4)nc(-c4nc5ccc(F)cc5o4)n3)c(C#N)c2=N1.[C-]#[N+]/C(C#N)=C1\N=c2ccc(-c3nc(C(C)=C4N=c5ccccc5=N4)nc(-c4nc5ccccc5o4)n3)c(C#N)c2=N1. The van der Waals surface area contributed by atoms with Gasteiger partial charge in [-0.2, -0.15) is 25.4 Å². The number of fused-ring (bicyclic) bond motifs is 9. The highest BCUT2D eigenvalue weighted by molar-refractivity contribution is 5.82. The molecule has 6 aromatic heterocycles. The van der Waals surface area contributed by atoms with Crippen LogP contribution in [0.25, 0.3) is 139 Å². The number of aromatic nitrogens is 12. The molecule has 21 rings (SSSR count). The number of hydrogen-bond acceptors (Lipinski definition) is 34. The van der Waals surface area contributed by atoms with Crippen LogP contribution in [0.4, 0.5) is 45.2 Å². The Morgan fingerprint density at radius 2 is 0.741 bits per heavy atom. The lowest BCUT2D eigenvalue weighted by Crippen LogP contribution is -2.31. The number of nitriles is 7. The highest BCUT2D eigenvalue weighted by Gasteiger charge is 2.33. The van der Waals surface area contributed by atoms with Crippen molar-refractivity contribution in [2.75, 3.05) is 0 Å². The molecule has 0 saturated heterocycles. The maximum Gasteiger partial charge on any atom is 0.305 e. The Hall–Kier alpha value is -21.8. The van der Waals surface area contributed by atoms with E-state index in [0.717, 1.165) is 35.8 Å². The summed E-state index contributed by atoms with van der Waals surface area (Å²) in [7, 11) is 0. The molecule has 0 N–H and O–H groups in total. The first-order valence-electron chi connectivity index (χ1n) is 39.0. The minimum atomic E-state index is -2.21. The van der Waals surface area contributed by atoms with Crippen LogP contribution < -0.4 is 64.3 Å². The number of halogens is 9. The fraction of sp³-hybridized carbons (Fsp3) is 0.0326. The van der Waals surface area contributed by atoms with Gasteiger partial charge in [-0.25, -0.2) is 190 Å². The van der Waals surface area contributed by atoms with Crippen molar-refractivity contribution in [3.05, 3.63) is 369 Å². The predicted molar refractivity (Wildman–Crippen MR) is 448 cm³/mol. The van der Waals surface area contributed by atoms with E-state index in [1.165, 1.54) is 36.4 Å². The molecule has 0 spiro atoms. The number of rotatable bonds is 9. The van der Waals surface area contributed by atoms with Gasteiger partial charge in [0.15, 0.2) is 121 Å². The summed E-state index contributed by atoms with van der Waals surface area (Å²) < 4.78 is 145. The van der Waals surface area contributed by atoms with E-state index in [-0.39, 0.29) is 158 Å². The van der Waals surface area contributed by atoms with Gasteiger partial charge in [0.1, 0.15) is 79.3 Å². The Labute approximate surface area is 763 Å². The summed E-state index contributed by atoms with van der Waals surface area (Å²) in [6.45, 7) is 33.5. The normalized spacial score (nSPS) is 14.4. The molecule has 0 saturated carbocycles. The van der Waals surface area contributed by atoms with Crippen LogP contribution in [0, 0.1) is 165 Å². The molecule has 38 nitrogen and oxygen atoms in total. The number of benzene rings is 9. The Morgan fingerprint density at radius 3 is 1.23 bits per heavy atom. The fourth-order valence-electron chi connectivity index (χ4n) is 14.1. The minimum absolute atomic E-state index is 0.00591. The largest absolute Gasteiger partial charge is 0.434 e. The Bertz CT molecular complexity index is 9810. The molecule has 0 fully saturated rings. The molecule has 652 valence electrons. The second-order valence-corrected chi connectivity index (χ2v) is 28.8. The van der Waals surface area contributed by atoms with E-state index in [2.05, 4.69) is 146 Å². The summed E-state index contributed by atoms with van der Waals surface area (Å²) >= 11 is 0. The van der Waals surface area contributed by atoms with E-state index in [0.29, 0.717) is 44.5 Å². The maximum absolute atomic E-state index is 14.7. The van der Waals surface area contributed by atoms with Gasteiger partial charge in [0.05, 0.1) is 98.7 Å². The molecular weight excluding hydrogens is 1810 g/mol. The van der Waals surface area contributed by atoms with Gasteiger partial charge in [-0.05, 0) is 106 Å². The number of hydrogen-bond donors (Lipinski definition) is 0. The average molecular weight is 1840 g/mol. The molecule has 12 heterocycles. The van der Waals surface area contributed by atoms with Crippen molar-refractivity contribution >= 4 is 55.7 Å². The molecule has 0 aliphatic carbocycles. The lowest BCUT2D eigenvalue weighted by Gasteiger charge is -2.08. The summed E-state index contributed by atoms with van der Waals surface area (Å²) in [6.07, 6.45) is 0. The van der Waals surface area contributed by atoms with Gasteiger partial charge in [0.25, 0.3) is 17.7 Å². The number of oxazole rings is 3. The maximum atomic E-state index is 14.7. The van der Waals surface area contributed by atoms with Crippen molar-refractivity contribution in [1.82, 2.24) is 59.8 Å². The van der Waals surface area contributed by atoms with Crippen molar-refractivity contribution in [3.63, 3.8) is 0 Å². The second kappa shape index (κ2) is 34.3. The van der Waals surface area contributed by atoms with Crippen LogP contribution in [-0.2, 0) is 0 Å². The van der Waals surface area contributed by atoms with Crippen LogP contribution in [0.1, 0.15) is 53.6 Å². The van der Waals surface area contributed by atoms with Gasteiger partial charge in [-0.15, -0.1) is 0 Å². The van der Waals surface area contributed by atoms with E-state index in [4.69, 9.17) is 44.5 Å². The quantitative estimate of drug-likeness (QED) is 0.0426. The number of nitrogens with zero attached hydrogens (tertiary/aromatic N) is 35. The average Bonchev–Trinajstić information content (AvgIpc) is 1.61. The Kier molecular flexibility index (Phi) is 21.3. The van der Waals surface area contributed by atoms with Crippen LogP contribution in [-0.4, -0.2) is 59.8 Å². The van der Waals surface area contributed by atoms with Crippen molar-refractivity contribution in [3.8, 4) is 112 Å². The van der Waals surface area contributed by atoms with Gasteiger partial charge in [0.2, 0.25) is 34.8 Å². The molecule has 6 aliphatic rings. The van der Waals surface area contributed by atoms with E-state index < -0.39 is 120 Å². The summed E-state index contributed by atoms with van der Waals surface area (Å²) in [5, 5.41) is 70.0. The molecule has 0 atom stereocenters. The fourth-order valence-corrected chi connectivity index (χ4v) is 14.1.